The van der Waals surface area contributed by atoms with Crippen LogP contribution in [0.1, 0.15) is 16.9 Å². The fraction of sp³-hybridized carbons (Fsp3) is 0.273. The van der Waals surface area contributed by atoms with Crippen molar-refractivity contribution in [3.8, 4) is 5.75 Å². The molecule has 1 aromatic heterocycles. The number of phenols is 1. The summed E-state index contributed by atoms with van der Waals surface area (Å²) in [5, 5.41) is 10.5. The lowest BCUT2D eigenvalue weighted by Gasteiger charge is -1.97. The minimum absolute atomic E-state index is 0.330. The molecule has 2 heteroatoms. The van der Waals surface area contributed by atoms with Crippen LogP contribution < -0.4 is 0 Å². The van der Waals surface area contributed by atoms with Crippen LogP contribution in [-0.4, -0.2) is 5.11 Å². The van der Waals surface area contributed by atoms with Gasteiger partial charge in [0.15, 0.2) is 0 Å². The molecule has 0 amide bonds. The summed E-state index contributed by atoms with van der Waals surface area (Å²) in [6, 6.07) is 3.63. The molecule has 0 atom stereocenters. The molecule has 0 aliphatic heterocycles. The number of fused-ring (bicyclic) bond motifs is 1. The van der Waals surface area contributed by atoms with Crippen molar-refractivity contribution in [3.05, 3.63) is 29.0 Å². The molecule has 0 saturated carbocycles. The van der Waals surface area contributed by atoms with Gasteiger partial charge in [-0.05, 0) is 44.0 Å². The zero-order valence-electron chi connectivity index (χ0n) is 8.01. The van der Waals surface area contributed by atoms with Crippen molar-refractivity contribution in [2.24, 2.45) is 0 Å². The Morgan fingerprint density at radius 2 is 1.85 bits per heavy atom. The average molecular weight is 176 g/mol. The van der Waals surface area contributed by atoms with Gasteiger partial charge in [-0.1, -0.05) is 0 Å². The maximum absolute atomic E-state index is 9.51. The van der Waals surface area contributed by atoms with Crippen molar-refractivity contribution < 1.29 is 9.52 Å². The number of hydrogen-bond donors (Lipinski definition) is 1. The van der Waals surface area contributed by atoms with E-state index in [2.05, 4.69) is 0 Å². The Balaban J connectivity index is 2.89. The predicted octanol–water partition coefficient (Wildman–Crippen LogP) is 3.06. The summed E-state index contributed by atoms with van der Waals surface area (Å²) in [5.41, 5.74) is 2.80. The zero-order chi connectivity index (χ0) is 9.59. The third-order valence-corrected chi connectivity index (χ3v) is 2.49. The summed E-state index contributed by atoms with van der Waals surface area (Å²) in [6.07, 6.45) is 0. The molecule has 0 saturated heterocycles. The van der Waals surface area contributed by atoms with Gasteiger partial charge in [0, 0.05) is 5.39 Å². The maximum atomic E-state index is 9.51. The molecule has 2 aromatic rings. The second kappa shape index (κ2) is 2.52. The van der Waals surface area contributed by atoms with E-state index in [0.717, 1.165) is 27.9 Å². The molecule has 2 nitrogen and oxygen atoms in total. The number of aryl methyl sites for hydroxylation is 3. The van der Waals surface area contributed by atoms with Gasteiger partial charge >= 0.3 is 0 Å². The monoisotopic (exact) mass is 176 g/mol. The van der Waals surface area contributed by atoms with Crippen LogP contribution in [0.5, 0.6) is 5.75 Å². The largest absolute Gasteiger partial charge is 0.508 e. The maximum Gasteiger partial charge on any atom is 0.135 e. The third kappa shape index (κ3) is 1.10. The lowest BCUT2D eigenvalue weighted by atomic mass is 10.1. The topological polar surface area (TPSA) is 33.4 Å². The number of aromatic hydroxyl groups is 1. The first-order valence-electron chi connectivity index (χ1n) is 4.29. The summed E-state index contributed by atoms with van der Waals surface area (Å²) in [5.74, 6) is 1.25. The summed E-state index contributed by atoms with van der Waals surface area (Å²) in [7, 11) is 0. The molecule has 0 spiro atoms. The van der Waals surface area contributed by atoms with Crippen LogP contribution in [0, 0.1) is 20.8 Å². The highest BCUT2D eigenvalue weighted by Gasteiger charge is 2.08. The van der Waals surface area contributed by atoms with E-state index in [1.54, 1.807) is 6.07 Å². The zero-order valence-corrected chi connectivity index (χ0v) is 8.01. The van der Waals surface area contributed by atoms with Gasteiger partial charge in [0.05, 0.1) is 0 Å². The van der Waals surface area contributed by atoms with E-state index in [1.807, 2.05) is 26.8 Å². The minimum Gasteiger partial charge on any atom is -0.508 e. The Morgan fingerprint density at radius 3 is 2.54 bits per heavy atom. The van der Waals surface area contributed by atoms with Gasteiger partial charge in [0.25, 0.3) is 0 Å². The van der Waals surface area contributed by atoms with Gasteiger partial charge < -0.3 is 9.52 Å². The average Bonchev–Trinajstić information content (AvgIpc) is 2.32. The molecule has 0 aliphatic carbocycles. The second-order valence-electron chi connectivity index (χ2n) is 3.42. The Labute approximate surface area is 76.8 Å². The molecule has 13 heavy (non-hydrogen) atoms. The van der Waals surface area contributed by atoms with Gasteiger partial charge in [-0.2, -0.15) is 0 Å². The van der Waals surface area contributed by atoms with Crippen LogP contribution in [0.3, 0.4) is 0 Å². The molecule has 1 N–H and O–H groups in total. The highest BCUT2D eigenvalue weighted by atomic mass is 16.3. The minimum atomic E-state index is 0.330. The van der Waals surface area contributed by atoms with E-state index < -0.39 is 0 Å². The number of furan rings is 1. The van der Waals surface area contributed by atoms with E-state index in [4.69, 9.17) is 4.42 Å². The van der Waals surface area contributed by atoms with Gasteiger partial charge in [0.2, 0.25) is 0 Å². The molecule has 2 rings (SSSR count). The Hall–Kier alpha value is -1.44. The standard InChI is InChI=1S/C11H12O2/c1-6-4-11-9(5-10(6)12)7(2)8(3)13-11/h4-5,12H,1-3H3. The first-order chi connectivity index (χ1) is 6.09. The molecule has 1 aromatic carbocycles. The fourth-order valence-corrected chi connectivity index (χ4v) is 1.48. The van der Waals surface area contributed by atoms with Crippen LogP contribution in [-0.2, 0) is 0 Å². The van der Waals surface area contributed by atoms with Crippen LogP contribution in [0.15, 0.2) is 16.5 Å². The number of phenolic OH excluding ortho intramolecular Hbond substituents is 1. The van der Waals surface area contributed by atoms with Crippen molar-refractivity contribution in [1.29, 1.82) is 0 Å². The quantitative estimate of drug-likeness (QED) is 0.669. The first-order valence-corrected chi connectivity index (χ1v) is 4.29. The van der Waals surface area contributed by atoms with Gasteiger partial charge in [-0.25, -0.2) is 0 Å². The SMILES string of the molecule is Cc1cc2oc(C)c(C)c2cc1O. The predicted molar refractivity (Wildman–Crippen MR) is 52.1 cm³/mol. The van der Waals surface area contributed by atoms with Crippen molar-refractivity contribution >= 4 is 11.0 Å². The molecular weight excluding hydrogens is 164 g/mol. The van der Waals surface area contributed by atoms with Crippen molar-refractivity contribution in [1.82, 2.24) is 0 Å². The highest BCUT2D eigenvalue weighted by molar-refractivity contribution is 5.84. The summed E-state index contributed by atoms with van der Waals surface area (Å²) in [6.45, 7) is 5.79. The molecular formula is C11H12O2. The normalized spacial score (nSPS) is 11.0. The number of rotatable bonds is 0. The third-order valence-electron chi connectivity index (χ3n) is 2.49. The van der Waals surface area contributed by atoms with E-state index in [-0.39, 0.29) is 0 Å². The van der Waals surface area contributed by atoms with Crippen molar-refractivity contribution in [2.45, 2.75) is 20.8 Å². The Bertz CT molecular complexity index is 466. The molecule has 0 bridgehead atoms. The second-order valence-corrected chi connectivity index (χ2v) is 3.42. The van der Waals surface area contributed by atoms with Crippen LogP contribution in [0.2, 0.25) is 0 Å². The van der Waals surface area contributed by atoms with Crippen molar-refractivity contribution in [3.63, 3.8) is 0 Å². The summed E-state index contributed by atoms with van der Waals surface area (Å²) >= 11 is 0. The summed E-state index contributed by atoms with van der Waals surface area (Å²) in [4.78, 5) is 0. The lowest BCUT2D eigenvalue weighted by molar-refractivity contribution is 0.471. The number of hydrogen-bond acceptors (Lipinski definition) is 2. The van der Waals surface area contributed by atoms with E-state index in [0.29, 0.717) is 5.75 Å². The van der Waals surface area contributed by atoms with Gasteiger partial charge in [-0.3, -0.25) is 0 Å². The fourth-order valence-electron chi connectivity index (χ4n) is 1.48. The van der Waals surface area contributed by atoms with E-state index >= 15 is 0 Å². The van der Waals surface area contributed by atoms with Crippen LogP contribution in [0.25, 0.3) is 11.0 Å². The van der Waals surface area contributed by atoms with Crippen LogP contribution >= 0.6 is 0 Å². The molecule has 0 fully saturated rings. The molecule has 0 radical (unpaired) electrons. The smallest absolute Gasteiger partial charge is 0.135 e. The molecule has 0 aliphatic rings. The molecule has 1 heterocycles. The Kier molecular flexibility index (Phi) is 1.59. The number of benzene rings is 1. The van der Waals surface area contributed by atoms with E-state index in [1.165, 1.54) is 0 Å². The highest BCUT2D eigenvalue weighted by Crippen LogP contribution is 2.30. The van der Waals surface area contributed by atoms with Gasteiger partial charge in [-0.15, -0.1) is 0 Å². The van der Waals surface area contributed by atoms with Crippen molar-refractivity contribution in [2.75, 3.05) is 0 Å². The molecule has 68 valence electrons. The lowest BCUT2D eigenvalue weighted by Crippen LogP contribution is -1.75. The van der Waals surface area contributed by atoms with Crippen LogP contribution in [0.4, 0.5) is 0 Å². The first kappa shape index (κ1) is 8.17. The summed E-state index contributed by atoms with van der Waals surface area (Å²) < 4.78 is 5.52. The van der Waals surface area contributed by atoms with Gasteiger partial charge in [0.1, 0.15) is 17.1 Å². The Morgan fingerprint density at radius 1 is 1.15 bits per heavy atom. The van der Waals surface area contributed by atoms with E-state index in [9.17, 15) is 5.11 Å². The molecule has 0 unspecified atom stereocenters.